The average molecular weight is 476 g/mol. The molecule has 0 saturated carbocycles. The van der Waals surface area contributed by atoms with E-state index in [0.717, 1.165) is 45.3 Å². The van der Waals surface area contributed by atoms with Crippen LogP contribution in [0, 0.1) is 0 Å². The van der Waals surface area contributed by atoms with Crippen molar-refractivity contribution in [2.75, 3.05) is 39.3 Å². The number of aromatic nitrogens is 2. The van der Waals surface area contributed by atoms with Gasteiger partial charge < -0.3 is 14.7 Å². The number of nitrogens with one attached hydrogen (secondary N) is 1. The van der Waals surface area contributed by atoms with Crippen molar-refractivity contribution >= 4 is 15.9 Å². The molecule has 9 nitrogen and oxygen atoms in total. The van der Waals surface area contributed by atoms with Gasteiger partial charge in [-0.15, -0.1) is 0 Å². The molecule has 2 aliphatic rings. The lowest BCUT2D eigenvalue weighted by Crippen LogP contribution is -2.35. The molecule has 4 rings (SSSR count). The zero-order valence-electron chi connectivity index (χ0n) is 19.0. The van der Waals surface area contributed by atoms with E-state index in [1.807, 2.05) is 0 Å². The Kier molecular flexibility index (Phi) is 8.11. The number of nitrogens with zero attached hydrogens (tertiary/aromatic N) is 4. The Morgan fingerprint density at radius 3 is 2.15 bits per heavy atom. The molecule has 0 radical (unpaired) electrons. The van der Waals surface area contributed by atoms with Crippen molar-refractivity contribution in [1.29, 1.82) is 0 Å². The number of sulfonamides is 1. The molecule has 2 aliphatic heterocycles. The molecule has 33 heavy (non-hydrogen) atoms. The van der Waals surface area contributed by atoms with E-state index in [4.69, 9.17) is 4.52 Å². The van der Waals surface area contributed by atoms with Gasteiger partial charge in [-0.3, -0.25) is 4.79 Å². The molecule has 1 aromatic heterocycles. The topological polar surface area (TPSA) is 109 Å². The highest BCUT2D eigenvalue weighted by Gasteiger charge is 2.25. The van der Waals surface area contributed by atoms with E-state index in [1.165, 1.54) is 25.7 Å². The number of carbonyl (C=O) groups is 1. The SMILES string of the molecule is O=C(NCCN1CCCCCC1)c1nc(-c2ccc(S(=O)(=O)N3CCCCCC3)cc2)no1. The van der Waals surface area contributed by atoms with Gasteiger partial charge in [0.1, 0.15) is 0 Å². The monoisotopic (exact) mass is 475 g/mol. The summed E-state index contributed by atoms with van der Waals surface area (Å²) < 4.78 is 32.6. The van der Waals surface area contributed by atoms with E-state index in [-0.39, 0.29) is 16.6 Å². The molecular formula is C23H33N5O4S. The lowest BCUT2D eigenvalue weighted by atomic mass is 10.2. The fraction of sp³-hybridized carbons (Fsp3) is 0.609. The van der Waals surface area contributed by atoms with Crippen LogP contribution >= 0.6 is 0 Å². The van der Waals surface area contributed by atoms with E-state index in [1.54, 1.807) is 28.6 Å². The van der Waals surface area contributed by atoms with Gasteiger partial charge in [-0.05, 0) is 63.0 Å². The van der Waals surface area contributed by atoms with E-state index in [0.29, 0.717) is 25.2 Å². The molecule has 0 spiro atoms. The van der Waals surface area contributed by atoms with Gasteiger partial charge in [0.15, 0.2) is 0 Å². The van der Waals surface area contributed by atoms with Crippen LogP contribution in [0.1, 0.15) is 62.1 Å². The van der Waals surface area contributed by atoms with Crippen LogP contribution in [0.2, 0.25) is 0 Å². The average Bonchev–Trinajstić information content (AvgIpc) is 3.00. The third-order valence-electron chi connectivity index (χ3n) is 6.35. The first kappa shape index (κ1) is 23.8. The fourth-order valence-corrected chi connectivity index (χ4v) is 5.92. The summed E-state index contributed by atoms with van der Waals surface area (Å²) in [5, 5.41) is 6.73. The summed E-state index contributed by atoms with van der Waals surface area (Å²) in [6.45, 7) is 4.60. The number of hydrogen-bond donors (Lipinski definition) is 1. The quantitative estimate of drug-likeness (QED) is 0.656. The van der Waals surface area contributed by atoms with Gasteiger partial charge in [-0.25, -0.2) is 8.42 Å². The van der Waals surface area contributed by atoms with Crippen LogP contribution in [0.3, 0.4) is 0 Å². The highest BCUT2D eigenvalue weighted by Crippen LogP contribution is 2.23. The molecule has 10 heteroatoms. The first-order valence-electron chi connectivity index (χ1n) is 12.0. The first-order valence-corrected chi connectivity index (χ1v) is 13.4. The van der Waals surface area contributed by atoms with Gasteiger partial charge in [-0.1, -0.05) is 30.8 Å². The zero-order chi connectivity index (χ0) is 23.1. The Labute approximate surface area is 195 Å². The van der Waals surface area contributed by atoms with Gasteiger partial charge >= 0.3 is 11.8 Å². The van der Waals surface area contributed by atoms with Crippen molar-refractivity contribution in [3.8, 4) is 11.4 Å². The molecule has 2 saturated heterocycles. The fourth-order valence-electron chi connectivity index (χ4n) is 4.40. The third-order valence-corrected chi connectivity index (χ3v) is 8.26. The molecule has 0 atom stereocenters. The maximum atomic E-state index is 12.9. The predicted octanol–water partition coefficient (Wildman–Crippen LogP) is 2.91. The predicted molar refractivity (Wildman–Crippen MR) is 124 cm³/mol. The standard InChI is InChI=1S/C23H33N5O4S/c29-22(24-13-18-27-14-5-1-2-6-15-27)23-25-21(26-32-23)19-9-11-20(12-10-19)33(30,31)28-16-7-3-4-8-17-28/h9-12H,1-8,13-18H2,(H,24,29). The molecule has 0 unspecified atom stereocenters. The van der Waals surface area contributed by atoms with Crippen LogP contribution in [-0.2, 0) is 10.0 Å². The highest BCUT2D eigenvalue weighted by atomic mass is 32.2. The maximum absolute atomic E-state index is 12.9. The van der Waals surface area contributed by atoms with E-state index in [2.05, 4.69) is 20.4 Å². The van der Waals surface area contributed by atoms with E-state index >= 15 is 0 Å². The van der Waals surface area contributed by atoms with Gasteiger partial charge in [0.2, 0.25) is 15.8 Å². The smallest absolute Gasteiger partial charge is 0.316 e. The number of likely N-dealkylation sites (tertiary alicyclic amines) is 1. The second-order valence-electron chi connectivity index (χ2n) is 8.78. The van der Waals surface area contributed by atoms with Gasteiger partial charge in [0, 0.05) is 31.7 Å². The van der Waals surface area contributed by atoms with Crippen molar-refractivity contribution < 1.29 is 17.7 Å². The van der Waals surface area contributed by atoms with Crippen molar-refractivity contribution in [1.82, 2.24) is 24.7 Å². The maximum Gasteiger partial charge on any atom is 0.316 e. The number of benzene rings is 1. The van der Waals surface area contributed by atoms with Crippen LogP contribution in [0.4, 0.5) is 0 Å². The van der Waals surface area contributed by atoms with Crippen molar-refractivity contribution in [2.45, 2.75) is 56.3 Å². The van der Waals surface area contributed by atoms with Crippen LogP contribution in [0.5, 0.6) is 0 Å². The summed E-state index contributed by atoms with van der Waals surface area (Å²) in [6, 6.07) is 6.42. The van der Waals surface area contributed by atoms with Gasteiger partial charge in [0.25, 0.3) is 0 Å². The third kappa shape index (κ3) is 6.18. The van der Waals surface area contributed by atoms with E-state index in [9.17, 15) is 13.2 Å². The normalized spacial score (nSPS) is 19.0. The Morgan fingerprint density at radius 2 is 1.52 bits per heavy atom. The molecule has 0 aliphatic carbocycles. The summed E-state index contributed by atoms with van der Waals surface area (Å²) in [6.07, 6.45) is 8.88. The minimum absolute atomic E-state index is 0.0952. The lowest BCUT2D eigenvalue weighted by Gasteiger charge is -2.19. The Bertz CT molecular complexity index is 1010. The lowest BCUT2D eigenvalue weighted by molar-refractivity contribution is 0.0904. The Hall–Kier alpha value is -2.30. The number of hydrogen-bond acceptors (Lipinski definition) is 7. The Morgan fingerprint density at radius 1 is 0.909 bits per heavy atom. The second-order valence-corrected chi connectivity index (χ2v) is 10.7. The second kappa shape index (κ2) is 11.2. The number of rotatable bonds is 7. The first-order chi connectivity index (χ1) is 16.0. The Balaban J connectivity index is 1.34. The summed E-state index contributed by atoms with van der Waals surface area (Å²) >= 11 is 0. The molecule has 1 N–H and O–H groups in total. The van der Waals surface area contributed by atoms with Crippen molar-refractivity contribution in [3.63, 3.8) is 0 Å². The molecule has 2 aromatic rings. The minimum Gasteiger partial charge on any atom is -0.347 e. The van der Waals surface area contributed by atoms with Crippen LogP contribution in [-0.4, -0.2) is 72.9 Å². The van der Waals surface area contributed by atoms with Gasteiger partial charge in [-0.2, -0.15) is 9.29 Å². The van der Waals surface area contributed by atoms with Gasteiger partial charge in [0.05, 0.1) is 4.90 Å². The van der Waals surface area contributed by atoms with Crippen LogP contribution in [0.25, 0.3) is 11.4 Å². The zero-order valence-corrected chi connectivity index (χ0v) is 19.9. The molecule has 3 heterocycles. The summed E-state index contributed by atoms with van der Waals surface area (Å²) in [5.41, 5.74) is 0.595. The molecule has 0 bridgehead atoms. The van der Waals surface area contributed by atoms with Crippen molar-refractivity contribution in [2.24, 2.45) is 0 Å². The number of carbonyl (C=O) groups excluding carboxylic acids is 1. The van der Waals surface area contributed by atoms with Crippen molar-refractivity contribution in [3.05, 3.63) is 30.2 Å². The molecule has 1 aromatic carbocycles. The highest BCUT2D eigenvalue weighted by molar-refractivity contribution is 7.89. The summed E-state index contributed by atoms with van der Waals surface area (Å²) in [7, 11) is -3.51. The molecular weight excluding hydrogens is 442 g/mol. The summed E-state index contributed by atoms with van der Waals surface area (Å²) in [4.78, 5) is 19.2. The number of amides is 1. The van der Waals surface area contributed by atoms with Crippen LogP contribution in [0.15, 0.2) is 33.7 Å². The summed E-state index contributed by atoms with van der Waals surface area (Å²) in [5.74, 6) is -0.238. The van der Waals surface area contributed by atoms with Crippen LogP contribution < -0.4 is 5.32 Å². The van der Waals surface area contributed by atoms with E-state index < -0.39 is 15.9 Å². The molecule has 180 valence electrons. The minimum atomic E-state index is -3.51. The largest absolute Gasteiger partial charge is 0.347 e. The molecule has 1 amide bonds. The molecule has 2 fully saturated rings.